The number of nitrogens with one attached hydrogen (secondary N) is 2. The van der Waals surface area contributed by atoms with Gasteiger partial charge < -0.3 is 10.7 Å². The largest absolute Gasteiger partial charge is 0.322 e. The number of halogens is 2. The summed E-state index contributed by atoms with van der Waals surface area (Å²) in [5.41, 5.74) is 2.91. The fourth-order valence-corrected chi connectivity index (χ4v) is 1.68. The van der Waals surface area contributed by atoms with E-state index in [1.807, 2.05) is 0 Å². The Balaban J connectivity index is 2.22. The summed E-state index contributed by atoms with van der Waals surface area (Å²) in [6, 6.07) is 8.39. The Hall–Kier alpha value is -2.18. The van der Waals surface area contributed by atoms with Gasteiger partial charge in [0.05, 0.1) is 0 Å². The van der Waals surface area contributed by atoms with Gasteiger partial charge in [-0.25, -0.2) is 15.2 Å². The van der Waals surface area contributed by atoms with Gasteiger partial charge in [-0.3, -0.25) is 4.79 Å². The van der Waals surface area contributed by atoms with Crippen molar-refractivity contribution in [1.82, 2.24) is 4.98 Å². The summed E-state index contributed by atoms with van der Waals surface area (Å²) in [7, 11) is 0. The molecule has 0 aliphatic rings. The van der Waals surface area contributed by atoms with Crippen molar-refractivity contribution in [2.45, 2.75) is 0 Å². The van der Waals surface area contributed by atoms with Crippen molar-refractivity contribution in [2.24, 2.45) is 5.84 Å². The maximum atomic E-state index is 13.0. The summed E-state index contributed by atoms with van der Waals surface area (Å²) >= 11 is 5.75. The fourth-order valence-electron chi connectivity index (χ4n) is 1.47. The quantitative estimate of drug-likeness (QED) is 0.458. The molecule has 1 aromatic heterocycles. The number of carbonyl (C=O) groups excluding carboxylic acids is 1. The van der Waals surface area contributed by atoms with Crippen molar-refractivity contribution >= 4 is 29.0 Å². The average Bonchev–Trinajstić information content (AvgIpc) is 2.38. The predicted molar refractivity (Wildman–Crippen MR) is 71.4 cm³/mol. The number of benzene rings is 1. The zero-order valence-corrected chi connectivity index (χ0v) is 10.4. The molecule has 1 heterocycles. The van der Waals surface area contributed by atoms with Crippen LogP contribution in [0.4, 0.5) is 15.9 Å². The molecule has 98 valence electrons. The van der Waals surface area contributed by atoms with Gasteiger partial charge in [0.25, 0.3) is 5.91 Å². The molecule has 5 nitrogen and oxygen atoms in total. The van der Waals surface area contributed by atoms with Crippen molar-refractivity contribution < 1.29 is 9.18 Å². The van der Waals surface area contributed by atoms with Crippen LogP contribution in [0.15, 0.2) is 36.4 Å². The molecular weight excluding hydrogens is 271 g/mol. The van der Waals surface area contributed by atoms with Crippen LogP contribution in [0.25, 0.3) is 0 Å². The van der Waals surface area contributed by atoms with E-state index in [-0.39, 0.29) is 16.5 Å². The van der Waals surface area contributed by atoms with Crippen LogP contribution in [0.1, 0.15) is 10.4 Å². The molecule has 4 N–H and O–H groups in total. The molecule has 0 aliphatic carbocycles. The minimum atomic E-state index is -0.439. The van der Waals surface area contributed by atoms with E-state index in [0.717, 1.165) is 0 Å². The van der Waals surface area contributed by atoms with Crippen molar-refractivity contribution in [3.05, 3.63) is 52.9 Å². The van der Waals surface area contributed by atoms with E-state index in [2.05, 4.69) is 15.7 Å². The first-order chi connectivity index (χ1) is 9.08. The Labute approximate surface area is 113 Å². The molecule has 0 unspecified atom stereocenters. The van der Waals surface area contributed by atoms with Crippen LogP contribution in [-0.2, 0) is 0 Å². The lowest BCUT2D eigenvalue weighted by molar-refractivity contribution is 0.102. The lowest BCUT2D eigenvalue weighted by atomic mass is 10.2. The molecule has 0 radical (unpaired) electrons. The van der Waals surface area contributed by atoms with E-state index < -0.39 is 11.7 Å². The number of amides is 1. The van der Waals surface area contributed by atoms with Gasteiger partial charge in [0.1, 0.15) is 16.8 Å². The molecule has 1 aromatic carbocycles. The van der Waals surface area contributed by atoms with Gasteiger partial charge >= 0.3 is 0 Å². The van der Waals surface area contributed by atoms with Crippen LogP contribution in [-0.4, -0.2) is 10.9 Å². The van der Waals surface area contributed by atoms with Crippen molar-refractivity contribution in [3.8, 4) is 0 Å². The van der Waals surface area contributed by atoms with Gasteiger partial charge in [-0.2, -0.15) is 0 Å². The van der Waals surface area contributed by atoms with E-state index in [9.17, 15) is 9.18 Å². The number of hydrogen-bond acceptors (Lipinski definition) is 4. The molecule has 7 heteroatoms. The van der Waals surface area contributed by atoms with E-state index in [0.29, 0.717) is 5.69 Å². The Kier molecular flexibility index (Phi) is 3.94. The number of pyridine rings is 1. The lowest BCUT2D eigenvalue weighted by Gasteiger charge is -2.07. The number of nitrogens with zero attached hydrogens (tertiary/aromatic N) is 1. The molecule has 0 saturated carbocycles. The van der Waals surface area contributed by atoms with Crippen LogP contribution in [0.5, 0.6) is 0 Å². The summed E-state index contributed by atoms with van der Waals surface area (Å²) < 4.78 is 13.0. The highest BCUT2D eigenvalue weighted by atomic mass is 35.5. The van der Waals surface area contributed by atoms with Crippen molar-refractivity contribution in [2.75, 3.05) is 10.7 Å². The average molecular weight is 281 g/mol. The molecule has 0 aliphatic heterocycles. The molecule has 1 amide bonds. The van der Waals surface area contributed by atoms with Gasteiger partial charge in [0.2, 0.25) is 0 Å². The van der Waals surface area contributed by atoms with E-state index in [1.54, 1.807) is 6.07 Å². The molecule has 2 aromatic rings. The zero-order valence-electron chi connectivity index (χ0n) is 9.65. The number of hydrogen-bond donors (Lipinski definition) is 3. The smallest absolute Gasteiger partial charge is 0.255 e. The molecular formula is C12H10ClFN4O. The molecule has 0 fully saturated rings. The normalized spacial score (nSPS) is 10.1. The van der Waals surface area contributed by atoms with Gasteiger partial charge in [0.15, 0.2) is 0 Å². The Bertz CT molecular complexity index is 620. The first kappa shape index (κ1) is 13.3. The number of anilines is 2. The predicted octanol–water partition coefficient (Wildman–Crippen LogP) is 2.41. The highest BCUT2D eigenvalue weighted by Gasteiger charge is 2.09. The highest BCUT2D eigenvalue weighted by molar-refractivity contribution is 6.30. The second-order valence-corrected chi connectivity index (χ2v) is 4.06. The maximum Gasteiger partial charge on any atom is 0.255 e. The van der Waals surface area contributed by atoms with Crippen LogP contribution in [0.2, 0.25) is 5.15 Å². The summed E-state index contributed by atoms with van der Waals surface area (Å²) in [4.78, 5) is 15.8. The van der Waals surface area contributed by atoms with Gasteiger partial charge in [0, 0.05) is 11.3 Å². The first-order valence-corrected chi connectivity index (χ1v) is 5.67. The number of carbonyl (C=O) groups is 1. The number of nitrogen functional groups attached to an aromatic ring is 1. The van der Waals surface area contributed by atoms with Gasteiger partial charge in [-0.1, -0.05) is 17.7 Å². The molecule has 0 spiro atoms. The topological polar surface area (TPSA) is 80.0 Å². The van der Waals surface area contributed by atoms with E-state index in [1.165, 1.54) is 30.3 Å². The Morgan fingerprint density at radius 3 is 2.79 bits per heavy atom. The van der Waals surface area contributed by atoms with Crippen LogP contribution >= 0.6 is 11.6 Å². The van der Waals surface area contributed by atoms with E-state index in [4.69, 9.17) is 17.4 Å². The Morgan fingerprint density at radius 1 is 1.32 bits per heavy atom. The molecule has 0 bridgehead atoms. The van der Waals surface area contributed by atoms with Crippen LogP contribution in [0.3, 0.4) is 0 Å². The fraction of sp³-hybridized carbons (Fsp3) is 0. The summed E-state index contributed by atoms with van der Waals surface area (Å²) in [6.07, 6.45) is 0. The molecule has 2 rings (SSSR count). The monoisotopic (exact) mass is 280 g/mol. The third-order valence-corrected chi connectivity index (χ3v) is 2.48. The number of aromatic nitrogens is 1. The summed E-state index contributed by atoms with van der Waals surface area (Å²) in [6.45, 7) is 0. The second-order valence-electron chi connectivity index (χ2n) is 3.67. The lowest BCUT2D eigenvalue weighted by Crippen LogP contribution is -2.14. The Morgan fingerprint density at radius 2 is 2.11 bits per heavy atom. The standard InChI is InChI=1S/C12H10ClFN4O/c13-10-4-7(5-11(17-10)18-15)12(19)16-9-3-1-2-8(14)6-9/h1-6H,15H2,(H,16,19)(H,17,18). The first-order valence-electron chi connectivity index (χ1n) is 5.29. The molecule has 0 saturated heterocycles. The van der Waals surface area contributed by atoms with Crippen LogP contribution < -0.4 is 16.6 Å². The zero-order chi connectivity index (χ0) is 13.8. The molecule has 19 heavy (non-hydrogen) atoms. The second kappa shape index (κ2) is 5.64. The third kappa shape index (κ3) is 3.40. The summed E-state index contributed by atoms with van der Waals surface area (Å²) in [5.74, 6) is 4.59. The van der Waals surface area contributed by atoms with Gasteiger partial charge in [-0.05, 0) is 30.3 Å². The van der Waals surface area contributed by atoms with Gasteiger partial charge in [-0.15, -0.1) is 0 Å². The minimum absolute atomic E-state index is 0.125. The number of hydrazine groups is 1. The third-order valence-electron chi connectivity index (χ3n) is 2.29. The summed E-state index contributed by atoms with van der Waals surface area (Å²) in [5, 5.41) is 2.67. The van der Waals surface area contributed by atoms with E-state index >= 15 is 0 Å². The highest BCUT2D eigenvalue weighted by Crippen LogP contribution is 2.16. The van der Waals surface area contributed by atoms with Crippen LogP contribution in [0, 0.1) is 5.82 Å². The van der Waals surface area contributed by atoms with Crippen molar-refractivity contribution in [1.29, 1.82) is 0 Å². The minimum Gasteiger partial charge on any atom is -0.322 e. The number of rotatable bonds is 3. The number of nitrogens with two attached hydrogens (primary N) is 1. The maximum absolute atomic E-state index is 13.0. The van der Waals surface area contributed by atoms with Crippen molar-refractivity contribution in [3.63, 3.8) is 0 Å². The SMILES string of the molecule is NNc1cc(C(=O)Nc2cccc(F)c2)cc(Cl)n1. The molecule has 0 atom stereocenters.